The summed E-state index contributed by atoms with van der Waals surface area (Å²) >= 11 is 3.33. The first-order chi connectivity index (χ1) is 11.0. The highest BCUT2D eigenvalue weighted by molar-refractivity contribution is 9.10. The first kappa shape index (κ1) is 16.8. The summed E-state index contributed by atoms with van der Waals surface area (Å²) in [5.74, 6) is -0.574. The summed E-state index contributed by atoms with van der Waals surface area (Å²) in [7, 11) is 0. The Bertz CT molecular complexity index is 715. The minimum absolute atomic E-state index is 0.0867. The molecular weight excluding hydrogens is 360 g/mol. The van der Waals surface area contributed by atoms with E-state index in [9.17, 15) is 9.59 Å². The predicted octanol–water partition coefficient (Wildman–Crippen LogP) is 2.98. The Morgan fingerprint density at radius 3 is 2.61 bits per heavy atom. The van der Waals surface area contributed by atoms with Crippen LogP contribution >= 0.6 is 15.9 Å². The number of pyridine rings is 1. The lowest BCUT2D eigenvalue weighted by molar-refractivity contribution is -0.115. The van der Waals surface area contributed by atoms with Crippen LogP contribution in [0.4, 0.5) is 5.69 Å². The molecular formula is C16H15BrN4O2. The number of nitrogens with zero attached hydrogens (tertiary/aromatic N) is 2. The van der Waals surface area contributed by atoms with Gasteiger partial charge in [-0.2, -0.15) is 5.10 Å². The van der Waals surface area contributed by atoms with Crippen LogP contribution in [0.1, 0.15) is 23.7 Å². The van der Waals surface area contributed by atoms with Crippen molar-refractivity contribution in [2.24, 2.45) is 5.10 Å². The van der Waals surface area contributed by atoms with E-state index in [1.54, 1.807) is 37.4 Å². The van der Waals surface area contributed by atoms with Crippen LogP contribution in [0, 0.1) is 0 Å². The molecule has 23 heavy (non-hydrogen) atoms. The van der Waals surface area contributed by atoms with E-state index in [4.69, 9.17) is 0 Å². The third-order valence-corrected chi connectivity index (χ3v) is 3.35. The number of anilines is 1. The van der Waals surface area contributed by atoms with E-state index >= 15 is 0 Å². The summed E-state index contributed by atoms with van der Waals surface area (Å²) in [5.41, 5.74) is 4.00. The second-order valence-corrected chi connectivity index (χ2v) is 5.68. The first-order valence-electron chi connectivity index (χ1n) is 6.83. The van der Waals surface area contributed by atoms with Crippen molar-refractivity contribution >= 4 is 39.1 Å². The smallest absolute Gasteiger partial charge is 0.272 e. The molecule has 2 aromatic rings. The summed E-state index contributed by atoms with van der Waals surface area (Å²) in [4.78, 5) is 27.5. The third-order valence-electron chi connectivity index (χ3n) is 2.82. The molecule has 0 aliphatic rings. The van der Waals surface area contributed by atoms with Crippen molar-refractivity contribution in [1.29, 1.82) is 0 Å². The molecule has 0 fully saturated rings. The number of hydrazone groups is 1. The minimum Gasteiger partial charge on any atom is -0.326 e. The Labute approximate surface area is 142 Å². The number of benzene rings is 1. The van der Waals surface area contributed by atoms with Crippen molar-refractivity contribution in [3.05, 3.63) is 58.8 Å². The lowest BCUT2D eigenvalue weighted by Gasteiger charge is -2.05. The van der Waals surface area contributed by atoms with Crippen molar-refractivity contribution in [3.8, 4) is 0 Å². The summed E-state index contributed by atoms with van der Waals surface area (Å²) in [5, 5.41) is 6.67. The predicted molar refractivity (Wildman–Crippen MR) is 92.2 cm³/mol. The number of hydrogen-bond donors (Lipinski definition) is 2. The molecule has 6 nitrogen and oxygen atoms in total. The maximum Gasteiger partial charge on any atom is 0.272 e. The summed E-state index contributed by atoms with van der Waals surface area (Å²) in [6.07, 6.45) is 3.11. The zero-order valence-corrected chi connectivity index (χ0v) is 14.0. The molecule has 0 spiro atoms. The molecule has 1 heterocycles. The van der Waals surface area contributed by atoms with Gasteiger partial charge in [-0.15, -0.1) is 0 Å². The van der Waals surface area contributed by atoms with Crippen LogP contribution in [0.2, 0.25) is 0 Å². The largest absolute Gasteiger partial charge is 0.326 e. The van der Waals surface area contributed by atoms with Crippen molar-refractivity contribution in [2.75, 3.05) is 5.32 Å². The van der Waals surface area contributed by atoms with E-state index in [2.05, 4.69) is 36.8 Å². The molecule has 2 rings (SSSR count). The summed E-state index contributed by atoms with van der Waals surface area (Å²) < 4.78 is 0.936. The van der Waals surface area contributed by atoms with E-state index in [1.807, 2.05) is 12.1 Å². The molecule has 7 heteroatoms. The van der Waals surface area contributed by atoms with Gasteiger partial charge >= 0.3 is 0 Å². The van der Waals surface area contributed by atoms with Gasteiger partial charge in [0.15, 0.2) is 0 Å². The van der Waals surface area contributed by atoms with Crippen molar-refractivity contribution in [3.63, 3.8) is 0 Å². The quantitative estimate of drug-likeness (QED) is 0.623. The zero-order chi connectivity index (χ0) is 16.7. The van der Waals surface area contributed by atoms with Crippen LogP contribution < -0.4 is 10.7 Å². The van der Waals surface area contributed by atoms with Crippen LogP contribution in [0.5, 0.6) is 0 Å². The molecule has 118 valence electrons. The van der Waals surface area contributed by atoms with Crippen LogP contribution in [-0.2, 0) is 4.79 Å². The highest BCUT2D eigenvalue weighted by atomic mass is 79.9. The van der Waals surface area contributed by atoms with Gasteiger partial charge in [-0.05, 0) is 43.3 Å². The highest BCUT2D eigenvalue weighted by Crippen LogP contribution is 2.14. The van der Waals surface area contributed by atoms with Crippen LogP contribution in [0.25, 0.3) is 0 Å². The SMILES string of the molecule is C/C(CC(=O)Nc1ccc(Br)cc1)=N\NC(=O)c1cccnc1. The Balaban J connectivity index is 1.85. The molecule has 0 radical (unpaired) electrons. The standard InChI is InChI=1S/C16H15BrN4O2/c1-11(20-21-16(23)12-3-2-8-18-10-12)9-15(22)19-14-6-4-13(17)5-7-14/h2-8,10H,9H2,1H3,(H,19,22)(H,21,23)/b20-11+. The second-order valence-electron chi connectivity index (χ2n) is 4.76. The van der Waals surface area contributed by atoms with Crippen LogP contribution in [0.3, 0.4) is 0 Å². The molecule has 0 aliphatic carbocycles. The fourth-order valence-electron chi connectivity index (χ4n) is 1.72. The number of aromatic nitrogens is 1. The van der Waals surface area contributed by atoms with E-state index < -0.39 is 0 Å². The second kappa shape index (κ2) is 8.19. The average Bonchev–Trinajstić information content (AvgIpc) is 2.55. The summed E-state index contributed by atoms with van der Waals surface area (Å²) in [6, 6.07) is 10.6. The normalized spacial score (nSPS) is 11.0. The molecule has 2 amide bonds. The zero-order valence-electron chi connectivity index (χ0n) is 12.4. The number of rotatable bonds is 5. The number of carbonyl (C=O) groups is 2. The fourth-order valence-corrected chi connectivity index (χ4v) is 1.98. The van der Waals surface area contributed by atoms with Crippen molar-refractivity contribution < 1.29 is 9.59 Å². The van der Waals surface area contributed by atoms with Gasteiger partial charge in [0, 0.05) is 28.3 Å². The lowest BCUT2D eigenvalue weighted by Crippen LogP contribution is -2.21. The van der Waals surface area contributed by atoms with Crippen molar-refractivity contribution in [2.45, 2.75) is 13.3 Å². The van der Waals surface area contributed by atoms with E-state index in [-0.39, 0.29) is 18.2 Å². The highest BCUT2D eigenvalue weighted by Gasteiger charge is 2.07. The number of hydrogen-bond acceptors (Lipinski definition) is 4. The van der Waals surface area contributed by atoms with E-state index in [0.29, 0.717) is 17.0 Å². The maximum absolute atomic E-state index is 11.9. The molecule has 0 unspecified atom stereocenters. The lowest BCUT2D eigenvalue weighted by atomic mass is 10.2. The summed E-state index contributed by atoms with van der Waals surface area (Å²) in [6.45, 7) is 1.67. The molecule has 1 aromatic heterocycles. The van der Waals surface area contributed by atoms with Crippen molar-refractivity contribution in [1.82, 2.24) is 10.4 Å². The number of amides is 2. The minimum atomic E-state index is -0.370. The van der Waals surface area contributed by atoms with Gasteiger partial charge in [0.2, 0.25) is 5.91 Å². The number of nitrogens with one attached hydrogen (secondary N) is 2. The monoisotopic (exact) mass is 374 g/mol. The Hall–Kier alpha value is -2.54. The Morgan fingerprint density at radius 2 is 1.96 bits per heavy atom. The molecule has 0 aliphatic heterocycles. The Morgan fingerprint density at radius 1 is 1.22 bits per heavy atom. The van der Waals surface area contributed by atoms with Gasteiger partial charge in [0.25, 0.3) is 5.91 Å². The third kappa shape index (κ3) is 5.63. The average molecular weight is 375 g/mol. The van der Waals surface area contributed by atoms with Gasteiger partial charge in [0.05, 0.1) is 12.0 Å². The molecule has 0 bridgehead atoms. The molecule has 2 N–H and O–H groups in total. The van der Waals surface area contributed by atoms with Gasteiger partial charge in [-0.1, -0.05) is 15.9 Å². The molecule has 0 saturated heterocycles. The van der Waals surface area contributed by atoms with E-state index in [1.165, 1.54) is 6.20 Å². The van der Waals surface area contributed by atoms with Crippen LogP contribution in [-0.4, -0.2) is 22.5 Å². The fraction of sp³-hybridized carbons (Fsp3) is 0.125. The maximum atomic E-state index is 11.9. The molecule has 0 atom stereocenters. The number of carbonyl (C=O) groups excluding carboxylic acids is 2. The molecule has 1 aromatic carbocycles. The molecule has 0 saturated carbocycles. The van der Waals surface area contributed by atoms with Gasteiger partial charge in [-0.3, -0.25) is 14.6 Å². The van der Waals surface area contributed by atoms with E-state index in [0.717, 1.165) is 4.47 Å². The van der Waals surface area contributed by atoms with Crippen LogP contribution in [0.15, 0.2) is 58.4 Å². The van der Waals surface area contributed by atoms with Gasteiger partial charge in [-0.25, -0.2) is 5.43 Å². The Kier molecular flexibility index (Phi) is 5.99. The first-order valence-corrected chi connectivity index (χ1v) is 7.63. The van der Waals surface area contributed by atoms with Gasteiger partial charge < -0.3 is 5.32 Å². The van der Waals surface area contributed by atoms with Gasteiger partial charge in [0.1, 0.15) is 0 Å². The topological polar surface area (TPSA) is 83.5 Å². The number of halogens is 1.